The summed E-state index contributed by atoms with van der Waals surface area (Å²) in [7, 11) is -3.76. The molecule has 4 rings (SSSR count). The molecule has 0 radical (unpaired) electrons. The molecule has 0 bridgehead atoms. The molecule has 31 heavy (non-hydrogen) atoms. The van der Waals surface area contributed by atoms with E-state index >= 15 is 0 Å². The van der Waals surface area contributed by atoms with E-state index in [9.17, 15) is 18.5 Å². The van der Waals surface area contributed by atoms with Crippen LogP contribution in [0.3, 0.4) is 0 Å². The molecular weight excluding hydrogens is 462 g/mol. The Balaban J connectivity index is 1.51. The summed E-state index contributed by atoms with van der Waals surface area (Å²) in [5.74, 6) is 0.741. The van der Waals surface area contributed by atoms with Crippen LogP contribution in [0.2, 0.25) is 0 Å². The van der Waals surface area contributed by atoms with Gasteiger partial charge in [-0.15, -0.1) is 10.2 Å². The van der Waals surface area contributed by atoms with Crippen molar-refractivity contribution in [3.63, 3.8) is 0 Å². The molecule has 0 spiro atoms. The second kappa shape index (κ2) is 9.34. The van der Waals surface area contributed by atoms with E-state index in [1.165, 1.54) is 27.8 Å². The van der Waals surface area contributed by atoms with E-state index in [0.29, 0.717) is 34.0 Å². The zero-order valence-electron chi connectivity index (χ0n) is 16.3. The lowest BCUT2D eigenvalue weighted by atomic mass is 10.2. The average Bonchev–Trinajstić information content (AvgIpc) is 3.45. The molecule has 1 aliphatic rings. The highest BCUT2D eigenvalue weighted by Gasteiger charge is 2.29. The molecule has 3 heterocycles. The first kappa shape index (κ1) is 21.7. The number of benzene rings is 1. The first-order valence-electron chi connectivity index (χ1n) is 9.50. The minimum atomic E-state index is -3.76. The van der Waals surface area contributed by atoms with E-state index in [1.54, 1.807) is 12.3 Å². The summed E-state index contributed by atoms with van der Waals surface area (Å²) >= 11 is 2.31. The third kappa shape index (κ3) is 5.06. The average molecular weight is 482 g/mol. The summed E-state index contributed by atoms with van der Waals surface area (Å²) in [4.78, 5) is 11.3. The number of rotatable bonds is 8. The number of nitrogens with one attached hydrogen (secondary N) is 1. The highest BCUT2D eigenvalue weighted by atomic mass is 32.2. The number of sulfonamides is 1. The first-order valence-corrected chi connectivity index (χ1v) is 12.6. The van der Waals surface area contributed by atoms with Crippen LogP contribution in [0.1, 0.15) is 25.0 Å². The Morgan fingerprint density at radius 2 is 2.03 bits per heavy atom. The summed E-state index contributed by atoms with van der Waals surface area (Å²) in [6.07, 6.45) is 4.15. The molecule has 0 aliphatic carbocycles. The smallest absolute Gasteiger partial charge is 0.284 e. The van der Waals surface area contributed by atoms with Crippen molar-refractivity contribution in [2.75, 3.05) is 18.4 Å². The van der Waals surface area contributed by atoms with E-state index in [2.05, 4.69) is 15.5 Å². The first-order chi connectivity index (χ1) is 14.9. The minimum absolute atomic E-state index is 0.0662. The quantitative estimate of drug-likeness (QED) is 0.375. The molecule has 0 saturated carbocycles. The van der Waals surface area contributed by atoms with Crippen LogP contribution in [0, 0.1) is 10.1 Å². The van der Waals surface area contributed by atoms with E-state index in [-0.39, 0.29) is 10.6 Å². The van der Waals surface area contributed by atoms with Gasteiger partial charge >= 0.3 is 0 Å². The molecule has 13 heteroatoms. The Hall–Kier alpha value is -2.48. The van der Waals surface area contributed by atoms with Crippen LogP contribution in [0.15, 0.2) is 55.1 Å². The maximum Gasteiger partial charge on any atom is 0.284 e. The van der Waals surface area contributed by atoms with Crippen molar-refractivity contribution in [2.45, 2.75) is 39.9 Å². The number of nitro benzene ring substituents is 1. The van der Waals surface area contributed by atoms with Crippen LogP contribution in [-0.4, -0.2) is 40.9 Å². The van der Waals surface area contributed by atoms with Crippen molar-refractivity contribution < 1.29 is 17.8 Å². The fourth-order valence-corrected chi connectivity index (χ4v) is 6.46. The molecule has 1 aromatic carbocycles. The number of piperidine rings is 1. The number of hydrogen-bond acceptors (Lipinski definition) is 10. The number of aromatic nitrogens is 2. The van der Waals surface area contributed by atoms with Crippen LogP contribution in [0.4, 0.5) is 10.8 Å². The Labute approximate surface area is 186 Å². The molecule has 1 saturated heterocycles. The van der Waals surface area contributed by atoms with Gasteiger partial charge in [-0.1, -0.05) is 17.8 Å². The van der Waals surface area contributed by atoms with E-state index < -0.39 is 14.9 Å². The second-order valence-corrected chi connectivity index (χ2v) is 11.0. The molecule has 0 unspecified atom stereocenters. The fourth-order valence-electron chi connectivity index (χ4n) is 3.13. The maximum absolute atomic E-state index is 12.9. The van der Waals surface area contributed by atoms with Gasteiger partial charge in [0.2, 0.25) is 15.2 Å². The molecule has 0 amide bonds. The van der Waals surface area contributed by atoms with Crippen molar-refractivity contribution in [3.8, 4) is 0 Å². The van der Waals surface area contributed by atoms with Crippen molar-refractivity contribution in [1.29, 1.82) is 0 Å². The third-order valence-electron chi connectivity index (χ3n) is 4.68. The molecule has 3 aromatic rings. The lowest BCUT2D eigenvalue weighted by molar-refractivity contribution is -0.388. The standard InChI is InChI=1S/C18H19N5O5S3/c24-23(25)15-11-14(31(26,27)22-8-2-1-3-9-22)6-7-16(15)29-18-21-20-17(30-18)19-12-13-5-4-10-28-13/h4-7,10-11H,1-3,8-9,12H2,(H,19,20). The van der Waals surface area contributed by atoms with E-state index in [0.717, 1.165) is 42.9 Å². The SMILES string of the molecule is O=[N+]([O-])c1cc(S(=O)(=O)N2CCCCC2)ccc1Sc1nnc(NCc2ccco2)s1. The lowest BCUT2D eigenvalue weighted by Crippen LogP contribution is -2.35. The van der Waals surface area contributed by atoms with Crippen molar-refractivity contribution >= 4 is 43.9 Å². The number of nitrogens with zero attached hydrogens (tertiary/aromatic N) is 4. The largest absolute Gasteiger partial charge is 0.467 e. The normalized spacial score (nSPS) is 15.1. The van der Waals surface area contributed by atoms with Crippen LogP contribution < -0.4 is 5.32 Å². The zero-order valence-corrected chi connectivity index (χ0v) is 18.7. The van der Waals surface area contributed by atoms with Crippen LogP contribution in [0.25, 0.3) is 0 Å². The van der Waals surface area contributed by atoms with Gasteiger partial charge in [-0.05, 0) is 48.9 Å². The molecule has 2 aromatic heterocycles. The fraction of sp³-hybridized carbons (Fsp3) is 0.333. The van der Waals surface area contributed by atoms with Crippen LogP contribution in [-0.2, 0) is 16.6 Å². The van der Waals surface area contributed by atoms with Crippen molar-refractivity contribution in [3.05, 3.63) is 52.5 Å². The minimum Gasteiger partial charge on any atom is -0.467 e. The predicted octanol–water partition coefficient (Wildman–Crippen LogP) is 3.98. The highest BCUT2D eigenvalue weighted by Crippen LogP contribution is 2.38. The summed E-state index contributed by atoms with van der Waals surface area (Å²) in [5.41, 5.74) is -0.275. The van der Waals surface area contributed by atoms with Crippen molar-refractivity contribution in [2.24, 2.45) is 0 Å². The van der Waals surface area contributed by atoms with Gasteiger partial charge in [0.15, 0.2) is 4.34 Å². The molecule has 0 atom stereocenters. The Morgan fingerprint density at radius 3 is 2.74 bits per heavy atom. The van der Waals surface area contributed by atoms with Gasteiger partial charge in [0.25, 0.3) is 5.69 Å². The number of furan rings is 1. The molecular formula is C18H19N5O5S3. The zero-order chi connectivity index (χ0) is 21.8. The Kier molecular flexibility index (Phi) is 6.55. The second-order valence-electron chi connectivity index (χ2n) is 6.76. The van der Waals surface area contributed by atoms with Gasteiger partial charge in [0, 0.05) is 19.2 Å². The van der Waals surface area contributed by atoms with Crippen LogP contribution >= 0.6 is 23.1 Å². The molecule has 10 nitrogen and oxygen atoms in total. The van der Waals surface area contributed by atoms with E-state index in [4.69, 9.17) is 4.42 Å². The van der Waals surface area contributed by atoms with Gasteiger partial charge in [-0.3, -0.25) is 10.1 Å². The molecule has 1 aliphatic heterocycles. The monoisotopic (exact) mass is 481 g/mol. The van der Waals surface area contributed by atoms with Gasteiger partial charge in [-0.2, -0.15) is 4.31 Å². The van der Waals surface area contributed by atoms with E-state index in [1.807, 2.05) is 6.07 Å². The summed E-state index contributed by atoms with van der Waals surface area (Å²) in [5, 5.41) is 23.3. The number of nitro groups is 1. The topological polar surface area (TPSA) is 131 Å². The van der Waals surface area contributed by atoms with Gasteiger partial charge in [0.1, 0.15) is 5.76 Å². The lowest BCUT2D eigenvalue weighted by Gasteiger charge is -2.25. The molecule has 1 N–H and O–H groups in total. The van der Waals surface area contributed by atoms with Gasteiger partial charge in [-0.25, -0.2) is 8.42 Å². The maximum atomic E-state index is 12.9. The summed E-state index contributed by atoms with van der Waals surface area (Å²) in [6, 6.07) is 7.61. The van der Waals surface area contributed by atoms with Crippen molar-refractivity contribution in [1.82, 2.24) is 14.5 Å². The highest BCUT2D eigenvalue weighted by molar-refractivity contribution is 8.01. The predicted molar refractivity (Wildman–Crippen MR) is 116 cm³/mol. The summed E-state index contributed by atoms with van der Waals surface area (Å²) < 4.78 is 32.9. The third-order valence-corrected chi connectivity index (χ3v) is 8.57. The van der Waals surface area contributed by atoms with Gasteiger partial charge in [0.05, 0.1) is 27.5 Å². The number of anilines is 1. The molecule has 164 valence electrons. The Bertz CT molecular complexity index is 1160. The molecule has 1 fully saturated rings. The van der Waals surface area contributed by atoms with Gasteiger partial charge < -0.3 is 9.73 Å². The van der Waals surface area contributed by atoms with Crippen LogP contribution in [0.5, 0.6) is 0 Å². The summed E-state index contributed by atoms with van der Waals surface area (Å²) in [6.45, 7) is 1.31. The number of hydrogen-bond donors (Lipinski definition) is 1. The Morgan fingerprint density at radius 1 is 1.23 bits per heavy atom.